The Morgan fingerprint density at radius 2 is 1.64 bits per heavy atom. The van der Waals surface area contributed by atoms with Crippen molar-refractivity contribution in [2.75, 3.05) is 13.1 Å². The van der Waals surface area contributed by atoms with Crippen molar-refractivity contribution in [3.05, 3.63) is 29.3 Å². The number of aliphatic carboxylic acids is 2. The van der Waals surface area contributed by atoms with Gasteiger partial charge in [0.15, 0.2) is 0 Å². The molecule has 0 aliphatic rings. The van der Waals surface area contributed by atoms with Gasteiger partial charge in [0, 0.05) is 0 Å². The fourth-order valence-electron chi connectivity index (χ4n) is 1.62. The van der Waals surface area contributed by atoms with Gasteiger partial charge in [-0.1, -0.05) is 6.07 Å². The first-order valence-electron chi connectivity index (χ1n) is 5.61. The number of carbonyl (C=O) groups is 2. The summed E-state index contributed by atoms with van der Waals surface area (Å²) in [5.74, 6) is -3.11. The van der Waals surface area contributed by atoms with Crippen molar-refractivity contribution in [1.29, 1.82) is 10.5 Å². The van der Waals surface area contributed by atoms with E-state index in [2.05, 4.69) is 0 Å². The zero-order valence-electron chi connectivity index (χ0n) is 10.9. The molecular weight excluding hydrogens is 314 g/mol. The average Bonchev–Trinajstić information content (AvgIpc) is 2.44. The summed E-state index contributed by atoms with van der Waals surface area (Å²) in [6.07, 6.45) is 0. The first kappa shape index (κ1) is 17.1. The van der Waals surface area contributed by atoms with Gasteiger partial charge in [0.1, 0.15) is 30.1 Å². The highest BCUT2D eigenvalue weighted by molar-refractivity contribution is 7.89. The SMILES string of the molecule is N#Cc1cccc(S(=O)(=O)N(CC(=O)O)CC(=O)O)c1C#N. The lowest BCUT2D eigenvalue weighted by Crippen LogP contribution is -2.39. The molecule has 0 amide bonds. The maximum absolute atomic E-state index is 12.4. The molecule has 0 heterocycles. The van der Waals surface area contributed by atoms with Gasteiger partial charge < -0.3 is 10.2 Å². The van der Waals surface area contributed by atoms with Crippen LogP contribution in [0.2, 0.25) is 0 Å². The minimum Gasteiger partial charge on any atom is -0.480 e. The number of sulfonamides is 1. The molecule has 0 saturated carbocycles. The molecular formula is C12H9N3O6S. The maximum atomic E-state index is 12.4. The molecule has 0 radical (unpaired) electrons. The lowest BCUT2D eigenvalue weighted by Gasteiger charge is -2.19. The molecule has 2 N–H and O–H groups in total. The van der Waals surface area contributed by atoms with Crippen LogP contribution in [0.1, 0.15) is 11.1 Å². The number of rotatable bonds is 6. The third-order valence-corrected chi connectivity index (χ3v) is 4.33. The van der Waals surface area contributed by atoms with E-state index in [1.54, 1.807) is 12.1 Å². The Labute approximate surface area is 125 Å². The number of nitriles is 2. The van der Waals surface area contributed by atoms with Gasteiger partial charge in [-0.2, -0.15) is 14.8 Å². The van der Waals surface area contributed by atoms with E-state index in [-0.39, 0.29) is 9.87 Å². The van der Waals surface area contributed by atoms with E-state index < -0.39 is 45.5 Å². The third kappa shape index (κ3) is 3.58. The summed E-state index contributed by atoms with van der Waals surface area (Å²) in [5.41, 5.74) is -0.681. The Morgan fingerprint density at radius 3 is 2.05 bits per heavy atom. The molecule has 1 rings (SSSR count). The van der Waals surface area contributed by atoms with Gasteiger partial charge in [-0.15, -0.1) is 0 Å². The van der Waals surface area contributed by atoms with E-state index in [0.29, 0.717) is 0 Å². The predicted octanol–water partition coefficient (Wildman–Crippen LogP) is -0.410. The predicted molar refractivity (Wildman–Crippen MR) is 69.9 cm³/mol. The van der Waals surface area contributed by atoms with Gasteiger partial charge in [-0.25, -0.2) is 8.42 Å². The summed E-state index contributed by atoms with van der Waals surface area (Å²) >= 11 is 0. The molecule has 0 unspecified atom stereocenters. The Balaban J connectivity index is 3.50. The molecule has 10 heteroatoms. The fourth-order valence-corrected chi connectivity index (χ4v) is 3.12. The van der Waals surface area contributed by atoms with Gasteiger partial charge in [-0.3, -0.25) is 9.59 Å². The first-order chi connectivity index (χ1) is 10.2. The summed E-state index contributed by atoms with van der Waals surface area (Å²) in [6, 6.07) is 6.63. The summed E-state index contributed by atoms with van der Waals surface area (Å²) < 4.78 is 25.0. The zero-order valence-corrected chi connectivity index (χ0v) is 11.7. The smallest absolute Gasteiger partial charge is 0.318 e. The van der Waals surface area contributed by atoms with Crippen LogP contribution >= 0.6 is 0 Å². The monoisotopic (exact) mass is 323 g/mol. The number of carboxylic acid groups (broad SMARTS) is 2. The van der Waals surface area contributed by atoms with Crippen LogP contribution < -0.4 is 0 Å². The van der Waals surface area contributed by atoms with Crippen molar-refractivity contribution >= 4 is 22.0 Å². The minimum atomic E-state index is -4.57. The van der Waals surface area contributed by atoms with Crippen molar-refractivity contribution in [1.82, 2.24) is 4.31 Å². The van der Waals surface area contributed by atoms with Crippen LogP contribution in [0.25, 0.3) is 0 Å². The molecule has 0 aromatic heterocycles. The maximum Gasteiger partial charge on any atom is 0.318 e. The van der Waals surface area contributed by atoms with E-state index in [9.17, 15) is 18.0 Å². The van der Waals surface area contributed by atoms with Crippen molar-refractivity contribution in [2.24, 2.45) is 0 Å². The summed E-state index contributed by atoms with van der Waals surface area (Å²) in [5, 5.41) is 35.3. The molecule has 0 fully saturated rings. The normalized spacial score (nSPS) is 10.7. The number of carboxylic acids is 2. The van der Waals surface area contributed by atoms with Crippen LogP contribution in [-0.4, -0.2) is 48.0 Å². The molecule has 22 heavy (non-hydrogen) atoms. The van der Waals surface area contributed by atoms with Crippen LogP contribution in [0.3, 0.4) is 0 Å². The Morgan fingerprint density at radius 1 is 1.09 bits per heavy atom. The Kier molecular flexibility index (Phi) is 5.18. The van der Waals surface area contributed by atoms with Crippen molar-refractivity contribution in [3.8, 4) is 12.1 Å². The largest absolute Gasteiger partial charge is 0.480 e. The van der Waals surface area contributed by atoms with Crippen LogP contribution in [0, 0.1) is 22.7 Å². The second-order valence-electron chi connectivity index (χ2n) is 3.96. The standard InChI is InChI=1S/C12H9N3O6S/c13-4-8-2-1-3-10(9(8)5-14)22(20,21)15(6-11(16)17)7-12(18)19/h1-3H,6-7H2,(H,16,17)(H,18,19). The Hall–Kier alpha value is -2.95. The quantitative estimate of drug-likeness (QED) is 0.714. The van der Waals surface area contributed by atoms with Crippen LogP contribution in [0.5, 0.6) is 0 Å². The van der Waals surface area contributed by atoms with Gasteiger partial charge >= 0.3 is 11.9 Å². The summed E-state index contributed by atoms with van der Waals surface area (Å²) in [7, 11) is -4.57. The molecule has 1 aromatic rings. The highest BCUT2D eigenvalue weighted by Gasteiger charge is 2.31. The molecule has 114 valence electrons. The lowest BCUT2D eigenvalue weighted by atomic mass is 10.1. The molecule has 1 aromatic carbocycles. The summed E-state index contributed by atoms with van der Waals surface area (Å²) in [6.45, 7) is -2.17. The third-order valence-electron chi connectivity index (χ3n) is 2.50. The first-order valence-corrected chi connectivity index (χ1v) is 7.05. The lowest BCUT2D eigenvalue weighted by molar-refractivity contribution is -0.139. The van der Waals surface area contributed by atoms with Crippen LogP contribution in [-0.2, 0) is 19.6 Å². The molecule has 0 spiro atoms. The highest BCUT2D eigenvalue weighted by atomic mass is 32.2. The zero-order chi connectivity index (χ0) is 16.9. The van der Waals surface area contributed by atoms with Gasteiger partial charge in [-0.05, 0) is 12.1 Å². The van der Waals surface area contributed by atoms with E-state index in [1.807, 2.05) is 0 Å². The fraction of sp³-hybridized carbons (Fsp3) is 0.167. The van der Waals surface area contributed by atoms with Crippen molar-refractivity contribution < 1.29 is 28.2 Å². The Bertz CT molecular complexity index is 787. The number of benzene rings is 1. The molecule has 0 aliphatic carbocycles. The number of nitrogens with zero attached hydrogens (tertiary/aromatic N) is 3. The number of hydrogen-bond acceptors (Lipinski definition) is 6. The van der Waals surface area contributed by atoms with Gasteiger partial charge in [0.05, 0.1) is 11.1 Å². The second kappa shape index (κ2) is 6.67. The van der Waals surface area contributed by atoms with Crippen LogP contribution in [0.4, 0.5) is 0 Å². The van der Waals surface area contributed by atoms with Gasteiger partial charge in [0.2, 0.25) is 10.0 Å². The topological polar surface area (TPSA) is 160 Å². The number of hydrogen-bond donors (Lipinski definition) is 2. The van der Waals surface area contributed by atoms with Crippen molar-refractivity contribution in [2.45, 2.75) is 4.90 Å². The minimum absolute atomic E-state index is 0.203. The molecule has 0 aliphatic heterocycles. The second-order valence-corrected chi connectivity index (χ2v) is 5.87. The molecule has 9 nitrogen and oxygen atoms in total. The molecule has 0 bridgehead atoms. The van der Waals surface area contributed by atoms with Crippen molar-refractivity contribution in [3.63, 3.8) is 0 Å². The molecule has 0 atom stereocenters. The molecule has 0 saturated heterocycles. The average molecular weight is 323 g/mol. The van der Waals surface area contributed by atoms with E-state index in [1.165, 1.54) is 12.1 Å². The van der Waals surface area contributed by atoms with E-state index in [0.717, 1.165) is 6.07 Å². The van der Waals surface area contributed by atoms with E-state index >= 15 is 0 Å². The van der Waals surface area contributed by atoms with Gasteiger partial charge in [0.25, 0.3) is 0 Å². The van der Waals surface area contributed by atoms with E-state index in [4.69, 9.17) is 20.7 Å². The van der Waals surface area contributed by atoms with Crippen LogP contribution in [0.15, 0.2) is 23.1 Å². The summed E-state index contributed by atoms with van der Waals surface area (Å²) in [4.78, 5) is 20.8. The highest BCUT2D eigenvalue weighted by Crippen LogP contribution is 2.22.